The van der Waals surface area contributed by atoms with Crippen LogP contribution >= 0.6 is 11.8 Å². The van der Waals surface area contributed by atoms with Gasteiger partial charge in [-0.05, 0) is 50.7 Å². The van der Waals surface area contributed by atoms with Gasteiger partial charge in [-0.15, -0.1) is 11.8 Å². The number of hydrogen-bond acceptors (Lipinski definition) is 3. The average molecular weight is 285 g/mol. The van der Waals surface area contributed by atoms with Gasteiger partial charge in [0.25, 0.3) is 0 Å². The summed E-state index contributed by atoms with van der Waals surface area (Å²) in [6.07, 6.45) is 8.34. The van der Waals surface area contributed by atoms with Gasteiger partial charge in [-0.1, -0.05) is 18.6 Å². The van der Waals surface area contributed by atoms with Crippen LogP contribution in [-0.4, -0.2) is 35.2 Å². The Balaban J connectivity index is 2.14. The Hall–Kier alpha value is -0.480. The van der Waals surface area contributed by atoms with E-state index in [2.05, 4.69) is 11.4 Å². The van der Waals surface area contributed by atoms with Crippen molar-refractivity contribution in [2.45, 2.75) is 51.2 Å². The van der Waals surface area contributed by atoms with Crippen LogP contribution in [0.25, 0.3) is 0 Å². The van der Waals surface area contributed by atoms with Gasteiger partial charge in [-0.25, -0.2) is 0 Å². The van der Waals surface area contributed by atoms with Crippen molar-refractivity contribution >= 4 is 17.7 Å². The Labute approximate surface area is 121 Å². The van der Waals surface area contributed by atoms with E-state index < -0.39 is 0 Å². The molecule has 1 amide bonds. The molecule has 0 fully saturated rings. The third-order valence-corrected chi connectivity index (χ3v) is 4.92. The van der Waals surface area contributed by atoms with Crippen molar-refractivity contribution in [3.8, 4) is 0 Å². The van der Waals surface area contributed by atoms with Gasteiger partial charge < -0.3 is 10.4 Å². The Kier molecular flexibility index (Phi) is 8.22. The second kappa shape index (κ2) is 9.43. The summed E-state index contributed by atoms with van der Waals surface area (Å²) in [7, 11) is 0. The number of carbonyl (C=O) groups excluding carboxylic acids is 1. The molecule has 0 spiro atoms. The van der Waals surface area contributed by atoms with Gasteiger partial charge in [0.2, 0.25) is 5.91 Å². The standard InChI is InChI=1S/C15H27NO2S/c1-12(10-17)11-19-13(2)15(18)16-9-8-14-6-4-3-5-7-14/h6,12-13,17H,3-5,7-11H2,1-2H3,(H,16,18). The monoisotopic (exact) mass is 285 g/mol. The topological polar surface area (TPSA) is 49.3 Å². The van der Waals surface area contributed by atoms with Crippen LogP contribution in [0, 0.1) is 5.92 Å². The first-order valence-electron chi connectivity index (χ1n) is 7.31. The highest BCUT2D eigenvalue weighted by atomic mass is 32.2. The maximum absolute atomic E-state index is 11.9. The Morgan fingerprint density at radius 3 is 2.89 bits per heavy atom. The third kappa shape index (κ3) is 7.02. The van der Waals surface area contributed by atoms with Crippen LogP contribution < -0.4 is 5.32 Å². The molecule has 0 aliphatic heterocycles. The zero-order valence-corrected chi connectivity index (χ0v) is 13.0. The van der Waals surface area contributed by atoms with E-state index in [9.17, 15) is 4.79 Å². The summed E-state index contributed by atoms with van der Waals surface area (Å²) < 4.78 is 0. The first-order chi connectivity index (χ1) is 9.13. The lowest BCUT2D eigenvalue weighted by molar-refractivity contribution is -0.120. The minimum atomic E-state index is -0.0330. The van der Waals surface area contributed by atoms with Gasteiger partial charge in [0.1, 0.15) is 0 Å². The molecule has 3 nitrogen and oxygen atoms in total. The van der Waals surface area contributed by atoms with E-state index in [0.29, 0.717) is 0 Å². The lowest BCUT2D eigenvalue weighted by Crippen LogP contribution is -2.32. The number of aliphatic hydroxyl groups excluding tert-OH is 1. The fourth-order valence-electron chi connectivity index (χ4n) is 2.06. The average Bonchev–Trinajstić information content (AvgIpc) is 2.45. The second-order valence-electron chi connectivity index (χ2n) is 5.41. The molecule has 0 radical (unpaired) electrons. The number of hydrogen-bond donors (Lipinski definition) is 2. The Morgan fingerprint density at radius 1 is 1.47 bits per heavy atom. The molecule has 0 bridgehead atoms. The van der Waals surface area contributed by atoms with E-state index in [1.165, 1.54) is 31.3 Å². The van der Waals surface area contributed by atoms with Crippen molar-refractivity contribution in [3.05, 3.63) is 11.6 Å². The normalized spacial score (nSPS) is 18.6. The van der Waals surface area contributed by atoms with Crippen LogP contribution in [-0.2, 0) is 4.79 Å². The summed E-state index contributed by atoms with van der Waals surface area (Å²) in [6, 6.07) is 0. The van der Waals surface area contributed by atoms with Gasteiger partial charge in [0.15, 0.2) is 0 Å². The molecule has 0 heterocycles. The second-order valence-corrected chi connectivity index (χ2v) is 6.79. The Bertz CT molecular complexity index is 305. The maximum atomic E-state index is 11.9. The minimum absolute atomic E-state index is 0.0330. The molecule has 0 saturated carbocycles. The predicted octanol–water partition coefficient (Wildman–Crippen LogP) is 2.74. The maximum Gasteiger partial charge on any atom is 0.232 e. The zero-order chi connectivity index (χ0) is 14.1. The molecule has 2 atom stereocenters. The highest BCUT2D eigenvalue weighted by Crippen LogP contribution is 2.19. The number of amides is 1. The summed E-state index contributed by atoms with van der Waals surface area (Å²) >= 11 is 1.62. The number of aliphatic hydroxyl groups is 1. The molecule has 1 aliphatic carbocycles. The van der Waals surface area contributed by atoms with Crippen molar-refractivity contribution in [2.24, 2.45) is 5.92 Å². The zero-order valence-electron chi connectivity index (χ0n) is 12.2. The van der Waals surface area contributed by atoms with E-state index in [1.54, 1.807) is 11.8 Å². The molecule has 1 rings (SSSR count). The summed E-state index contributed by atoms with van der Waals surface area (Å²) in [4.78, 5) is 11.9. The van der Waals surface area contributed by atoms with Crippen LogP contribution in [0.1, 0.15) is 46.0 Å². The number of carbonyl (C=O) groups is 1. The predicted molar refractivity (Wildman–Crippen MR) is 82.3 cm³/mol. The van der Waals surface area contributed by atoms with Crippen LogP contribution in [0.5, 0.6) is 0 Å². The van der Waals surface area contributed by atoms with Crippen molar-refractivity contribution in [1.29, 1.82) is 0 Å². The van der Waals surface area contributed by atoms with E-state index in [-0.39, 0.29) is 23.7 Å². The molecule has 110 valence electrons. The van der Waals surface area contributed by atoms with Crippen LogP contribution in [0.15, 0.2) is 11.6 Å². The molecule has 4 heteroatoms. The van der Waals surface area contributed by atoms with E-state index in [1.807, 2.05) is 13.8 Å². The number of allylic oxidation sites excluding steroid dienone is 1. The molecule has 2 unspecified atom stereocenters. The lowest BCUT2D eigenvalue weighted by atomic mass is 9.97. The van der Waals surface area contributed by atoms with E-state index in [4.69, 9.17) is 5.11 Å². The first kappa shape index (κ1) is 16.6. The van der Waals surface area contributed by atoms with E-state index >= 15 is 0 Å². The first-order valence-corrected chi connectivity index (χ1v) is 8.36. The van der Waals surface area contributed by atoms with Crippen LogP contribution in [0.2, 0.25) is 0 Å². The molecule has 0 saturated heterocycles. The van der Waals surface area contributed by atoms with Crippen molar-refractivity contribution < 1.29 is 9.90 Å². The highest BCUT2D eigenvalue weighted by Gasteiger charge is 2.14. The molecule has 2 N–H and O–H groups in total. The fourth-order valence-corrected chi connectivity index (χ4v) is 3.02. The molecule has 19 heavy (non-hydrogen) atoms. The highest BCUT2D eigenvalue weighted by molar-refractivity contribution is 8.00. The van der Waals surface area contributed by atoms with Gasteiger partial charge in [-0.3, -0.25) is 4.79 Å². The van der Waals surface area contributed by atoms with E-state index in [0.717, 1.165) is 18.7 Å². The molecular weight excluding hydrogens is 258 g/mol. The smallest absolute Gasteiger partial charge is 0.232 e. The van der Waals surface area contributed by atoms with Gasteiger partial charge in [-0.2, -0.15) is 0 Å². The summed E-state index contributed by atoms with van der Waals surface area (Å²) in [5.74, 6) is 1.20. The minimum Gasteiger partial charge on any atom is -0.396 e. The fraction of sp³-hybridized carbons (Fsp3) is 0.800. The molecule has 0 aromatic heterocycles. The van der Waals surface area contributed by atoms with Gasteiger partial charge in [0, 0.05) is 13.2 Å². The van der Waals surface area contributed by atoms with Crippen LogP contribution in [0.3, 0.4) is 0 Å². The Morgan fingerprint density at radius 2 is 2.26 bits per heavy atom. The number of rotatable bonds is 8. The van der Waals surface area contributed by atoms with Gasteiger partial charge >= 0.3 is 0 Å². The third-order valence-electron chi connectivity index (χ3n) is 3.44. The largest absolute Gasteiger partial charge is 0.396 e. The lowest BCUT2D eigenvalue weighted by Gasteiger charge is -2.16. The molecular formula is C15H27NO2S. The molecule has 0 aromatic carbocycles. The van der Waals surface area contributed by atoms with Crippen molar-refractivity contribution in [1.82, 2.24) is 5.32 Å². The molecule has 1 aliphatic rings. The molecule has 0 aromatic rings. The summed E-state index contributed by atoms with van der Waals surface area (Å²) in [5.41, 5.74) is 1.50. The SMILES string of the molecule is CC(CO)CSC(C)C(=O)NCCC1=CCCCC1. The van der Waals surface area contributed by atoms with Crippen molar-refractivity contribution in [3.63, 3.8) is 0 Å². The number of nitrogens with one attached hydrogen (secondary N) is 1. The quantitative estimate of drug-likeness (QED) is 0.674. The number of thioether (sulfide) groups is 1. The summed E-state index contributed by atoms with van der Waals surface area (Å²) in [6.45, 7) is 4.87. The van der Waals surface area contributed by atoms with Crippen molar-refractivity contribution in [2.75, 3.05) is 18.9 Å². The summed E-state index contributed by atoms with van der Waals surface area (Å²) in [5, 5.41) is 11.9. The van der Waals surface area contributed by atoms with Crippen LogP contribution in [0.4, 0.5) is 0 Å². The van der Waals surface area contributed by atoms with Gasteiger partial charge in [0.05, 0.1) is 5.25 Å².